The highest BCUT2D eigenvalue weighted by molar-refractivity contribution is 4.82. The van der Waals surface area contributed by atoms with Crippen LogP contribution < -0.4 is 0 Å². The van der Waals surface area contributed by atoms with Crippen molar-refractivity contribution in [3.05, 3.63) is 0 Å². The van der Waals surface area contributed by atoms with Gasteiger partial charge in [-0.1, -0.05) is 268 Å². The summed E-state index contributed by atoms with van der Waals surface area (Å²) in [5.41, 5.74) is 0. The van der Waals surface area contributed by atoms with Crippen LogP contribution in [0.1, 0.15) is 288 Å². The molecule has 7 fully saturated rings. The predicted octanol–water partition coefficient (Wildman–Crippen LogP) is 19.6. The van der Waals surface area contributed by atoms with Gasteiger partial charge in [0.2, 0.25) is 0 Å². The zero-order chi connectivity index (χ0) is 39.8. The first-order valence-electron chi connectivity index (χ1n) is 26.5. The van der Waals surface area contributed by atoms with Crippen molar-refractivity contribution in [3.63, 3.8) is 0 Å². The Hall–Kier alpha value is 0. The minimum absolute atomic E-state index is 1.00. The van der Waals surface area contributed by atoms with Crippen LogP contribution in [-0.2, 0) is 0 Å². The van der Waals surface area contributed by atoms with E-state index in [1.165, 1.54) is 148 Å². The van der Waals surface area contributed by atoms with Crippen LogP contribution in [0.5, 0.6) is 0 Å². The summed E-state index contributed by atoms with van der Waals surface area (Å²) >= 11 is 0. The maximum atomic E-state index is 2.55. The van der Waals surface area contributed by atoms with E-state index < -0.39 is 0 Å². The Bertz CT molecular complexity index is 706. The Morgan fingerprint density at radius 2 is 0.500 bits per heavy atom. The maximum Gasteiger partial charge on any atom is -0.0360 e. The Morgan fingerprint density at radius 1 is 0.222 bits per heavy atom. The number of hydrogen-bond donors (Lipinski definition) is 0. The Morgan fingerprint density at radius 3 is 0.889 bits per heavy atom. The largest absolute Gasteiger partial charge is 0.0683 e. The van der Waals surface area contributed by atoms with Gasteiger partial charge in [-0.25, -0.2) is 0 Å². The summed E-state index contributed by atoms with van der Waals surface area (Å²) in [5, 5.41) is 0. The van der Waals surface area contributed by atoms with Gasteiger partial charge >= 0.3 is 0 Å². The van der Waals surface area contributed by atoms with E-state index in [1.54, 1.807) is 70.6 Å². The highest BCUT2D eigenvalue weighted by atomic mass is 14.4. The molecule has 324 valence electrons. The van der Waals surface area contributed by atoms with E-state index in [2.05, 4.69) is 27.7 Å². The summed E-state index contributed by atoms with van der Waals surface area (Å²) in [7, 11) is 0. The van der Waals surface area contributed by atoms with Crippen molar-refractivity contribution >= 4 is 0 Å². The maximum absolute atomic E-state index is 2.55. The van der Waals surface area contributed by atoms with Crippen molar-refractivity contribution in [3.8, 4) is 0 Å². The summed E-state index contributed by atoms with van der Waals surface area (Å²) in [5.74, 6) is 10.7. The molecule has 0 saturated heterocycles. The zero-order valence-corrected chi connectivity index (χ0v) is 39.8. The van der Waals surface area contributed by atoms with Crippen molar-refractivity contribution in [1.82, 2.24) is 0 Å². The lowest BCUT2D eigenvalue weighted by Crippen LogP contribution is -2.24. The molecule has 54 heavy (non-hydrogen) atoms. The number of rotatable bonds is 3. The standard InChI is InChI=1S/C18H34.2C13H24.C4H8.3C2H6/c1-15-9-7-12-17(13-8-10-15)18-14-6-4-3-5-11-16(18)2;2*1-11-6-3-2-4-7-13(10-11)12-8-5-9-12;1-2-4-3-1;3*1-2/h15-18H,3-14H2,1-2H3;2*11-13H,2-10H2,1H3;1-4H2;3*1-2H3/t15?,16-,17?,18?;;;;;;/m1....../s1. The highest BCUT2D eigenvalue weighted by Crippen LogP contribution is 2.43. The lowest BCUT2D eigenvalue weighted by molar-refractivity contribution is 0.153. The second-order valence-electron chi connectivity index (χ2n) is 19.6. The topological polar surface area (TPSA) is 0 Å². The predicted molar refractivity (Wildman–Crippen MR) is 249 cm³/mol. The van der Waals surface area contributed by atoms with Gasteiger partial charge in [-0.3, -0.25) is 0 Å². The highest BCUT2D eigenvalue weighted by Gasteiger charge is 2.30. The van der Waals surface area contributed by atoms with E-state index in [0.29, 0.717) is 0 Å². The lowest BCUT2D eigenvalue weighted by Gasteiger charge is -2.36. The van der Waals surface area contributed by atoms with Crippen LogP contribution in [0.4, 0.5) is 0 Å². The third kappa shape index (κ3) is 22.8. The normalized spacial score (nSPS) is 33.7. The average Bonchev–Trinajstić information content (AvgIpc) is 3.07. The summed E-state index contributed by atoms with van der Waals surface area (Å²) < 4.78 is 0. The van der Waals surface area contributed by atoms with Crippen LogP contribution >= 0.6 is 0 Å². The molecule has 0 radical (unpaired) electrons. The van der Waals surface area contributed by atoms with E-state index in [0.717, 1.165) is 59.2 Å². The fourth-order valence-electron chi connectivity index (χ4n) is 11.2. The number of hydrogen-bond acceptors (Lipinski definition) is 0. The minimum atomic E-state index is 1.00. The molecule has 0 aromatic heterocycles. The molecule has 7 saturated carbocycles. The fourth-order valence-corrected chi connectivity index (χ4v) is 11.2. The van der Waals surface area contributed by atoms with Crippen LogP contribution in [-0.4, -0.2) is 0 Å². The summed E-state index contributed by atoms with van der Waals surface area (Å²) in [6.07, 6.45) is 51.7. The Balaban J connectivity index is 0.000000364. The van der Waals surface area contributed by atoms with Crippen molar-refractivity contribution in [2.24, 2.45) is 59.2 Å². The third-order valence-electron chi connectivity index (χ3n) is 15.4. The zero-order valence-electron chi connectivity index (χ0n) is 39.8. The van der Waals surface area contributed by atoms with Gasteiger partial charge < -0.3 is 0 Å². The molecule has 6 atom stereocenters. The summed E-state index contributed by atoms with van der Waals surface area (Å²) in [6, 6.07) is 0. The van der Waals surface area contributed by atoms with E-state index in [9.17, 15) is 0 Å². The van der Waals surface area contributed by atoms with Crippen LogP contribution in [0, 0.1) is 59.2 Å². The molecule has 7 aliphatic rings. The fraction of sp³-hybridized carbons (Fsp3) is 1.00. The minimum Gasteiger partial charge on any atom is -0.0683 e. The average molecular weight is 757 g/mol. The van der Waals surface area contributed by atoms with Crippen LogP contribution in [0.3, 0.4) is 0 Å². The molecule has 0 aromatic rings. The van der Waals surface area contributed by atoms with Crippen LogP contribution in [0.25, 0.3) is 0 Å². The quantitative estimate of drug-likeness (QED) is 0.269. The molecular formula is C54H108. The first kappa shape index (κ1) is 52.0. The third-order valence-corrected chi connectivity index (χ3v) is 15.4. The van der Waals surface area contributed by atoms with Gasteiger partial charge in [-0.2, -0.15) is 0 Å². The first-order chi connectivity index (χ1) is 26.5. The molecule has 0 aliphatic heterocycles. The molecule has 0 N–H and O–H groups in total. The Kier molecular flexibility index (Phi) is 33.7. The second kappa shape index (κ2) is 35.0. The molecule has 7 rings (SSSR count). The second-order valence-corrected chi connectivity index (χ2v) is 19.6. The first-order valence-corrected chi connectivity index (χ1v) is 26.5. The molecule has 0 aromatic carbocycles. The molecule has 0 nitrogen and oxygen atoms in total. The molecule has 7 aliphatic carbocycles. The van der Waals surface area contributed by atoms with Gasteiger partial charge in [-0.05, 0) is 78.4 Å². The van der Waals surface area contributed by atoms with E-state index in [-0.39, 0.29) is 0 Å². The van der Waals surface area contributed by atoms with Crippen LogP contribution in [0.15, 0.2) is 0 Å². The van der Waals surface area contributed by atoms with Gasteiger partial charge in [0, 0.05) is 0 Å². The smallest absolute Gasteiger partial charge is 0.0360 e. The van der Waals surface area contributed by atoms with Crippen LogP contribution in [0.2, 0.25) is 0 Å². The monoisotopic (exact) mass is 757 g/mol. The molecule has 0 amide bonds. The molecule has 0 spiro atoms. The van der Waals surface area contributed by atoms with Crippen molar-refractivity contribution in [2.45, 2.75) is 288 Å². The van der Waals surface area contributed by atoms with E-state index >= 15 is 0 Å². The van der Waals surface area contributed by atoms with Gasteiger partial charge in [0.25, 0.3) is 0 Å². The summed E-state index contributed by atoms with van der Waals surface area (Å²) in [4.78, 5) is 0. The van der Waals surface area contributed by atoms with Gasteiger partial charge in [0.05, 0.1) is 0 Å². The molecule has 0 heterocycles. The lowest BCUT2D eigenvalue weighted by atomic mass is 9.69. The van der Waals surface area contributed by atoms with Gasteiger partial charge in [-0.15, -0.1) is 0 Å². The Labute approximate surface area is 345 Å². The van der Waals surface area contributed by atoms with Crippen molar-refractivity contribution in [2.75, 3.05) is 0 Å². The SMILES string of the molecule is C1CCC1.CC.CC.CC.CC1CCCC(C2CCCCCC[C@H]2C)CCC1.CC1CCCCCC(C2CCC2)C1.CC1CCCCCC(C2CCC2)C1. The van der Waals surface area contributed by atoms with Crippen molar-refractivity contribution < 1.29 is 0 Å². The molecule has 0 heteroatoms. The van der Waals surface area contributed by atoms with Gasteiger partial charge in [0.1, 0.15) is 0 Å². The molecule has 5 unspecified atom stereocenters. The molecular weight excluding hydrogens is 649 g/mol. The van der Waals surface area contributed by atoms with E-state index in [1.807, 2.05) is 41.5 Å². The molecule has 0 bridgehead atoms. The van der Waals surface area contributed by atoms with Gasteiger partial charge in [0.15, 0.2) is 0 Å². The summed E-state index contributed by atoms with van der Waals surface area (Å²) in [6.45, 7) is 21.9. The van der Waals surface area contributed by atoms with Crippen molar-refractivity contribution in [1.29, 1.82) is 0 Å². The van der Waals surface area contributed by atoms with E-state index in [4.69, 9.17) is 0 Å².